The van der Waals surface area contributed by atoms with Gasteiger partial charge in [0.25, 0.3) is 0 Å². The number of hydrogen-bond donors (Lipinski definition) is 1. The molecule has 0 saturated carbocycles. The topological polar surface area (TPSA) is 42.1 Å². The van der Waals surface area contributed by atoms with Crippen LogP contribution >= 0.6 is 0 Å². The maximum atomic E-state index is 10.8. The Morgan fingerprint density at radius 2 is 2.31 bits per heavy atom. The van der Waals surface area contributed by atoms with Crippen molar-refractivity contribution < 1.29 is 9.53 Å². The van der Waals surface area contributed by atoms with Crippen LogP contribution in [0.25, 0.3) is 10.9 Å². The Morgan fingerprint density at radius 3 is 3.06 bits per heavy atom. The molecular formula is C13H15NO2. The van der Waals surface area contributed by atoms with Gasteiger partial charge in [0, 0.05) is 17.1 Å². The monoisotopic (exact) mass is 217 g/mol. The number of aldehydes is 1. The van der Waals surface area contributed by atoms with E-state index >= 15 is 0 Å². The number of H-pyrrole nitrogens is 1. The average Bonchev–Trinajstić information content (AvgIpc) is 2.73. The van der Waals surface area contributed by atoms with Crippen LogP contribution in [0.5, 0.6) is 5.75 Å². The minimum atomic E-state index is 0.677. The van der Waals surface area contributed by atoms with Crippen LogP contribution in [0, 0.1) is 0 Å². The van der Waals surface area contributed by atoms with Gasteiger partial charge in [0.2, 0.25) is 0 Å². The number of rotatable bonds is 5. The molecule has 1 N–H and O–H groups in total. The summed E-state index contributed by atoms with van der Waals surface area (Å²) in [6, 6.07) is 5.75. The summed E-state index contributed by atoms with van der Waals surface area (Å²) in [7, 11) is 0. The summed E-state index contributed by atoms with van der Waals surface area (Å²) in [5.74, 6) is 0.819. The Balaban J connectivity index is 2.31. The van der Waals surface area contributed by atoms with Crippen LogP contribution in [0.4, 0.5) is 0 Å². The Hall–Kier alpha value is -1.77. The lowest BCUT2D eigenvalue weighted by molar-refractivity contribution is 0.112. The number of ether oxygens (including phenoxy) is 1. The minimum Gasteiger partial charge on any atom is -0.491 e. The van der Waals surface area contributed by atoms with Gasteiger partial charge in [-0.3, -0.25) is 4.79 Å². The first kappa shape index (κ1) is 10.7. The van der Waals surface area contributed by atoms with Gasteiger partial charge in [-0.2, -0.15) is 0 Å². The number of fused-ring (bicyclic) bond motifs is 1. The molecular weight excluding hydrogens is 202 g/mol. The quantitative estimate of drug-likeness (QED) is 0.617. The smallest absolute Gasteiger partial charge is 0.152 e. The summed E-state index contributed by atoms with van der Waals surface area (Å²) >= 11 is 0. The molecule has 2 aromatic rings. The number of hydrogen-bond acceptors (Lipinski definition) is 2. The van der Waals surface area contributed by atoms with E-state index in [9.17, 15) is 4.79 Å². The van der Waals surface area contributed by atoms with E-state index in [0.717, 1.165) is 35.8 Å². The van der Waals surface area contributed by atoms with E-state index < -0.39 is 0 Å². The van der Waals surface area contributed by atoms with E-state index in [4.69, 9.17) is 4.74 Å². The summed E-state index contributed by atoms with van der Waals surface area (Å²) in [5, 5.41) is 0.920. The van der Waals surface area contributed by atoms with Crippen LogP contribution in [-0.2, 0) is 0 Å². The maximum Gasteiger partial charge on any atom is 0.152 e. The van der Waals surface area contributed by atoms with E-state index in [1.54, 1.807) is 6.20 Å². The van der Waals surface area contributed by atoms with Crippen LogP contribution in [0.15, 0.2) is 24.4 Å². The molecule has 0 spiro atoms. The van der Waals surface area contributed by atoms with Crippen molar-refractivity contribution in [2.75, 3.05) is 6.61 Å². The number of aromatic nitrogens is 1. The molecule has 0 amide bonds. The first-order valence-electron chi connectivity index (χ1n) is 5.55. The number of para-hydroxylation sites is 1. The van der Waals surface area contributed by atoms with Gasteiger partial charge in [0.15, 0.2) is 6.29 Å². The van der Waals surface area contributed by atoms with Gasteiger partial charge < -0.3 is 9.72 Å². The summed E-state index contributed by atoms with van der Waals surface area (Å²) in [6.45, 7) is 2.84. The molecule has 0 aliphatic heterocycles. The molecule has 1 aromatic heterocycles. The third-order valence-electron chi connectivity index (χ3n) is 2.59. The lowest BCUT2D eigenvalue weighted by Crippen LogP contribution is -1.96. The predicted molar refractivity (Wildman–Crippen MR) is 64.1 cm³/mol. The molecule has 0 saturated heterocycles. The van der Waals surface area contributed by atoms with E-state index in [1.165, 1.54) is 0 Å². The minimum absolute atomic E-state index is 0.677. The predicted octanol–water partition coefficient (Wildman–Crippen LogP) is 3.16. The van der Waals surface area contributed by atoms with Gasteiger partial charge in [-0.15, -0.1) is 0 Å². The van der Waals surface area contributed by atoms with Crippen molar-refractivity contribution in [1.82, 2.24) is 4.98 Å². The van der Waals surface area contributed by atoms with Gasteiger partial charge in [-0.25, -0.2) is 0 Å². The van der Waals surface area contributed by atoms with Crippen molar-refractivity contribution >= 4 is 17.2 Å². The largest absolute Gasteiger partial charge is 0.491 e. The number of benzene rings is 1. The molecule has 0 atom stereocenters. The summed E-state index contributed by atoms with van der Waals surface area (Å²) in [5.41, 5.74) is 1.58. The summed E-state index contributed by atoms with van der Waals surface area (Å²) < 4.78 is 5.67. The highest BCUT2D eigenvalue weighted by molar-refractivity contribution is 5.99. The van der Waals surface area contributed by atoms with Crippen LogP contribution in [-0.4, -0.2) is 17.9 Å². The fraction of sp³-hybridized carbons (Fsp3) is 0.308. The first-order chi connectivity index (χ1) is 7.86. The zero-order chi connectivity index (χ0) is 11.4. The second-order valence-corrected chi connectivity index (χ2v) is 3.74. The standard InChI is InChI=1S/C13H15NO2/c1-2-3-7-16-12-6-4-5-11-10(9-15)8-14-13(11)12/h4-6,8-9,14H,2-3,7H2,1H3. The average molecular weight is 217 g/mol. The van der Waals surface area contributed by atoms with Crippen molar-refractivity contribution in [2.45, 2.75) is 19.8 Å². The van der Waals surface area contributed by atoms with Crippen molar-refractivity contribution in [3.8, 4) is 5.75 Å². The molecule has 3 nitrogen and oxygen atoms in total. The van der Waals surface area contributed by atoms with Gasteiger partial charge >= 0.3 is 0 Å². The highest BCUT2D eigenvalue weighted by Crippen LogP contribution is 2.26. The molecule has 0 bridgehead atoms. The molecule has 0 unspecified atom stereocenters. The normalized spacial score (nSPS) is 10.6. The van der Waals surface area contributed by atoms with Crippen LogP contribution < -0.4 is 4.74 Å². The van der Waals surface area contributed by atoms with E-state index in [0.29, 0.717) is 12.2 Å². The van der Waals surface area contributed by atoms with Crippen LogP contribution in [0.3, 0.4) is 0 Å². The second kappa shape index (κ2) is 4.84. The van der Waals surface area contributed by atoms with Gasteiger partial charge in [0.1, 0.15) is 5.75 Å². The Labute approximate surface area is 94.4 Å². The fourth-order valence-electron chi connectivity index (χ4n) is 1.69. The van der Waals surface area contributed by atoms with E-state index in [1.807, 2.05) is 18.2 Å². The Kier molecular flexibility index (Phi) is 3.25. The third kappa shape index (κ3) is 1.94. The summed E-state index contributed by atoms with van der Waals surface area (Å²) in [6.07, 6.45) is 4.72. The first-order valence-corrected chi connectivity index (χ1v) is 5.55. The zero-order valence-electron chi connectivity index (χ0n) is 9.32. The lowest BCUT2D eigenvalue weighted by Gasteiger charge is -2.06. The van der Waals surface area contributed by atoms with Crippen molar-refractivity contribution in [3.05, 3.63) is 30.0 Å². The second-order valence-electron chi connectivity index (χ2n) is 3.74. The molecule has 2 rings (SSSR count). The lowest BCUT2D eigenvalue weighted by atomic mass is 10.2. The number of carbonyl (C=O) groups is 1. The molecule has 3 heteroatoms. The zero-order valence-corrected chi connectivity index (χ0v) is 9.32. The van der Waals surface area contributed by atoms with Gasteiger partial charge in [0.05, 0.1) is 12.1 Å². The van der Waals surface area contributed by atoms with Crippen molar-refractivity contribution in [3.63, 3.8) is 0 Å². The van der Waals surface area contributed by atoms with Gasteiger partial charge in [-0.1, -0.05) is 25.5 Å². The Bertz CT molecular complexity index is 488. The number of aromatic amines is 1. The SMILES string of the molecule is CCCCOc1cccc2c(C=O)c[nH]c12. The van der Waals surface area contributed by atoms with Crippen LogP contribution in [0.2, 0.25) is 0 Å². The third-order valence-corrected chi connectivity index (χ3v) is 2.59. The van der Waals surface area contributed by atoms with Gasteiger partial charge in [-0.05, 0) is 12.5 Å². The molecule has 0 aliphatic carbocycles. The van der Waals surface area contributed by atoms with Crippen LogP contribution in [0.1, 0.15) is 30.1 Å². The number of nitrogens with one attached hydrogen (secondary N) is 1. The fourth-order valence-corrected chi connectivity index (χ4v) is 1.69. The highest BCUT2D eigenvalue weighted by Gasteiger charge is 2.06. The van der Waals surface area contributed by atoms with E-state index in [-0.39, 0.29) is 0 Å². The molecule has 1 heterocycles. The van der Waals surface area contributed by atoms with Crippen molar-refractivity contribution in [2.24, 2.45) is 0 Å². The highest BCUT2D eigenvalue weighted by atomic mass is 16.5. The van der Waals surface area contributed by atoms with E-state index in [2.05, 4.69) is 11.9 Å². The number of unbranched alkanes of at least 4 members (excludes halogenated alkanes) is 1. The molecule has 0 fully saturated rings. The number of carbonyl (C=O) groups excluding carboxylic acids is 1. The molecule has 16 heavy (non-hydrogen) atoms. The maximum absolute atomic E-state index is 10.8. The molecule has 0 radical (unpaired) electrons. The molecule has 0 aliphatic rings. The molecule has 84 valence electrons. The van der Waals surface area contributed by atoms with Crippen molar-refractivity contribution in [1.29, 1.82) is 0 Å². The molecule has 1 aromatic carbocycles. The summed E-state index contributed by atoms with van der Waals surface area (Å²) in [4.78, 5) is 13.9. The Morgan fingerprint density at radius 1 is 1.44 bits per heavy atom.